The summed E-state index contributed by atoms with van der Waals surface area (Å²) in [4.78, 5) is 62.4. The van der Waals surface area contributed by atoms with E-state index in [1.807, 2.05) is 12.1 Å². The highest BCUT2D eigenvalue weighted by Gasteiger charge is 2.54. The van der Waals surface area contributed by atoms with E-state index in [9.17, 15) is 36.7 Å². The van der Waals surface area contributed by atoms with Crippen molar-refractivity contribution in [2.75, 3.05) is 0 Å². The van der Waals surface area contributed by atoms with Gasteiger partial charge < -0.3 is 9.13 Å². The topological polar surface area (TPSA) is 103 Å². The van der Waals surface area contributed by atoms with Crippen LogP contribution in [0.3, 0.4) is 0 Å². The van der Waals surface area contributed by atoms with Crippen LogP contribution in [-0.2, 0) is 32.3 Å². The summed E-state index contributed by atoms with van der Waals surface area (Å²) < 4.78 is 65.6. The molecule has 5 aromatic heterocycles. The second kappa shape index (κ2) is 13.5. The molecule has 290 valence electrons. The van der Waals surface area contributed by atoms with Crippen molar-refractivity contribution in [3.8, 4) is 0 Å². The lowest BCUT2D eigenvalue weighted by molar-refractivity contribution is -0.123. The van der Waals surface area contributed by atoms with Crippen LogP contribution in [0.25, 0.3) is 40.9 Å². The number of fused-ring (bicyclic) bond motifs is 9. The zero-order valence-electron chi connectivity index (χ0n) is 30.7. The van der Waals surface area contributed by atoms with Crippen LogP contribution in [0.1, 0.15) is 66.2 Å². The molecule has 0 aliphatic heterocycles. The molecule has 55 heavy (non-hydrogen) atoms. The summed E-state index contributed by atoms with van der Waals surface area (Å²) in [5.74, 6) is -4.89. The van der Waals surface area contributed by atoms with Crippen LogP contribution in [0.4, 0.5) is 27.6 Å². The number of hydrogen-bond acceptors (Lipinski definition) is 9. The van der Waals surface area contributed by atoms with Gasteiger partial charge in [0.1, 0.15) is 34.7 Å². The van der Waals surface area contributed by atoms with Crippen molar-refractivity contribution in [2.45, 2.75) is 104 Å². The Morgan fingerprint density at radius 1 is 0.582 bits per heavy atom. The summed E-state index contributed by atoms with van der Waals surface area (Å²) >= 11 is 4.40. The quantitative estimate of drug-likeness (QED) is 0.146. The zero-order valence-corrected chi connectivity index (χ0v) is 33.2. The second-order valence-corrected chi connectivity index (χ2v) is 19.2. The average Bonchev–Trinajstić information content (AvgIpc) is 4.01. The Bertz CT molecular complexity index is 2290. The van der Waals surface area contributed by atoms with E-state index in [2.05, 4.69) is 46.8 Å². The number of alkyl halides is 4. The van der Waals surface area contributed by atoms with Gasteiger partial charge >= 0.3 is 0 Å². The summed E-state index contributed by atoms with van der Waals surface area (Å²) in [5, 5.41) is 0.969. The molecule has 0 spiro atoms. The lowest BCUT2D eigenvalue weighted by Crippen LogP contribution is -2.35. The van der Waals surface area contributed by atoms with Gasteiger partial charge in [0.05, 0.1) is 40.9 Å². The minimum absolute atomic E-state index is 0.219. The number of aliphatic imine (C=N–C) groups is 2. The highest BCUT2D eigenvalue weighted by molar-refractivity contribution is 7.35. The molecule has 0 radical (unpaired) electrons. The first kappa shape index (κ1) is 37.0. The smallest absolute Gasteiger partial charge is 0.188 e. The van der Waals surface area contributed by atoms with Gasteiger partial charge in [-0.2, -0.15) is 0 Å². The second-order valence-electron chi connectivity index (χ2n) is 16.1. The maximum atomic E-state index is 14.2. The molecule has 4 saturated carbocycles. The van der Waals surface area contributed by atoms with Gasteiger partial charge in [0, 0.05) is 36.8 Å². The molecule has 5 heterocycles. The van der Waals surface area contributed by atoms with Crippen molar-refractivity contribution in [3.63, 3.8) is 0 Å². The number of rotatable bonds is 8. The Morgan fingerprint density at radius 2 is 0.909 bits per heavy atom. The fourth-order valence-corrected chi connectivity index (χ4v) is 12.7. The van der Waals surface area contributed by atoms with Crippen LogP contribution in [0.5, 0.6) is 0 Å². The third-order valence-electron chi connectivity index (χ3n) is 12.6. The van der Waals surface area contributed by atoms with E-state index in [-0.39, 0.29) is 37.1 Å². The number of hydrogen-bond donors (Lipinski definition) is 0. The van der Waals surface area contributed by atoms with Gasteiger partial charge in [0.2, 0.25) is 0 Å². The lowest BCUT2D eigenvalue weighted by atomic mass is 9.79. The molecule has 0 aromatic carbocycles. The number of carbonyl (C=O) groups excluding carboxylic acids is 4. The van der Waals surface area contributed by atoms with Gasteiger partial charge in [-0.1, -0.05) is 40.5 Å². The van der Waals surface area contributed by atoms with E-state index in [0.29, 0.717) is 34.9 Å². The summed E-state index contributed by atoms with van der Waals surface area (Å²) in [6.07, 6.45) is -6.40. The Hall–Kier alpha value is -3.56. The summed E-state index contributed by atoms with van der Waals surface area (Å²) in [7, 11) is 0. The van der Waals surface area contributed by atoms with E-state index >= 15 is 0 Å². The molecule has 9 rings (SSSR count). The number of nitrogens with zero attached hydrogens (tertiary/aromatic N) is 4. The third kappa shape index (κ3) is 5.67. The fourth-order valence-electron chi connectivity index (χ4n) is 9.06. The van der Waals surface area contributed by atoms with Gasteiger partial charge in [0.15, 0.2) is 34.6 Å². The first-order chi connectivity index (χ1) is 26.3. The van der Waals surface area contributed by atoms with Crippen molar-refractivity contribution in [2.24, 2.45) is 45.5 Å². The first-order valence-corrected chi connectivity index (χ1v) is 21.6. The number of aromatic nitrogens is 2. The molecule has 0 amide bonds. The maximum absolute atomic E-state index is 14.2. The molecule has 0 N–H and O–H groups in total. The minimum atomic E-state index is -1.77. The van der Waals surface area contributed by atoms with Gasteiger partial charge in [-0.3, -0.25) is 19.2 Å². The molecule has 4 fully saturated rings. The Morgan fingerprint density at radius 3 is 1.22 bits per heavy atom. The maximum Gasteiger partial charge on any atom is 0.188 e. The van der Waals surface area contributed by atoms with Crippen LogP contribution in [0.15, 0.2) is 22.1 Å². The summed E-state index contributed by atoms with van der Waals surface area (Å²) in [6, 6.07) is 3.82. The van der Waals surface area contributed by atoms with E-state index in [4.69, 9.17) is 0 Å². The molecule has 4 aliphatic rings. The van der Waals surface area contributed by atoms with Crippen LogP contribution in [0.2, 0.25) is 0 Å². The van der Waals surface area contributed by atoms with Gasteiger partial charge in [-0.15, -0.1) is 34.0 Å². The summed E-state index contributed by atoms with van der Waals surface area (Å²) in [5.41, 5.74) is 3.59. The lowest BCUT2D eigenvalue weighted by Gasteiger charge is -2.27. The average molecular weight is 813 g/mol. The molecular weight excluding hydrogens is 773 g/mol. The molecule has 15 heteroatoms. The Kier molecular flexibility index (Phi) is 9.12. The predicted octanol–water partition coefficient (Wildman–Crippen LogP) is 10.0. The molecule has 4 aliphatic carbocycles. The Labute approximate surface area is 325 Å². The molecule has 0 bridgehead atoms. The molecule has 10 unspecified atom stereocenters. The fraction of sp³-hybridized carbons (Fsp3) is 0.550. The number of carbonyl (C=O) groups is 4. The van der Waals surface area contributed by atoms with Crippen LogP contribution >= 0.6 is 34.0 Å². The Balaban J connectivity index is 1.18. The highest BCUT2D eigenvalue weighted by Crippen LogP contribution is 2.52. The molecule has 8 nitrogen and oxygen atoms in total. The van der Waals surface area contributed by atoms with Gasteiger partial charge in [0.25, 0.3) is 0 Å². The van der Waals surface area contributed by atoms with E-state index < -0.39 is 71.5 Å². The normalized spacial score (nSPS) is 29.7. The number of ketones is 4. The van der Waals surface area contributed by atoms with Crippen LogP contribution < -0.4 is 0 Å². The first-order valence-electron chi connectivity index (χ1n) is 19.2. The van der Waals surface area contributed by atoms with Gasteiger partial charge in [-0.25, -0.2) is 27.5 Å². The van der Waals surface area contributed by atoms with E-state index in [1.165, 1.54) is 22.7 Å². The molecule has 10 atom stereocenters. The van der Waals surface area contributed by atoms with E-state index in [0.717, 1.165) is 53.7 Å². The van der Waals surface area contributed by atoms with Crippen molar-refractivity contribution in [1.82, 2.24) is 9.13 Å². The minimum Gasteiger partial charge on any atom is -0.337 e. The predicted molar refractivity (Wildman–Crippen MR) is 211 cm³/mol. The zero-order chi connectivity index (χ0) is 38.8. The molecular formula is C40H40F4N4O4S3. The van der Waals surface area contributed by atoms with Crippen molar-refractivity contribution < 1.29 is 36.7 Å². The van der Waals surface area contributed by atoms with Crippen molar-refractivity contribution >= 4 is 119 Å². The van der Waals surface area contributed by atoms with Crippen LogP contribution in [-0.4, -0.2) is 68.4 Å². The standard InChI is InChI=1S/C40H40F4N4O4S3/c1-5-15(3)13-47-25-11-27(45-29-33(49)17-7-21(41)22(42)8-18(17)34(29)50)53-37(25)39-31(47)32-40(55-39)38-26(48(32)14-16(4)6-2)12-28(54-38)46-30-35(51)19-9-23(43)24(44)10-20(19)36(30)52/h11-12,15-24H,5-10,13-14H2,1-4H3. The highest BCUT2D eigenvalue weighted by atomic mass is 32.1. The SMILES string of the molecule is CCC(C)Cn1c2cc(N=C3C(=O)C4CC(F)C(F)CC4C3=O)sc2c2sc3c4sc(N=C5C(=O)C6CC(F)C(F)CC6C5=O)cc4n(CC(C)CC)c3c21. The summed E-state index contributed by atoms with van der Waals surface area (Å²) in [6.45, 7) is 10.1. The van der Waals surface area contributed by atoms with Crippen LogP contribution in [0, 0.1) is 35.5 Å². The number of halogens is 4. The largest absolute Gasteiger partial charge is 0.337 e. The van der Waals surface area contributed by atoms with Gasteiger partial charge in [-0.05, 0) is 49.7 Å². The molecule has 0 saturated heterocycles. The monoisotopic (exact) mass is 812 g/mol. The van der Waals surface area contributed by atoms with E-state index in [1.54, 1.807) is 11.3 Å². The number of thiophene rings is 3. The third-order valence-corrected chi connectivity index (χ3v) is 16.1. The molecule has 5 aromatic rings. The van der Waals surface area contributed by atoms with Crippen molar-refractivity contribution in [1.29, 1.82) is 0 Å². The van der Waals surface area contributed by atoms with Crippen molar-refractivity contribution in [3.05, 3.63) is 12.1 Å². The number of Topliss-reactive ketones (excluding diaryl/α,β-unsaturated/α-hetero) is 4.